The Morgan fingerprint density at radius 1 is 1.32 bits per heavy atom. The highest BCUT2D eigenvalue weighted by Crippen LogP contribution is 2.51. The number of hydrogen-bond acceptors (Lipinski definition) is 7. The van der Waals surface area contributed by atoms with E-state index >= 15 is 0 Å². The molecule has 1 heterocycles. The number of aliphatic hydroxyl groups excluding tert-OH is 2. The Bertz CT molecular complexity index is 1000. The van der Waals surface area contributed by atoms with Gasteiger partial charge in [0.15, 0.2) is 11.5 Å². The van der Waals surface area contributed by atoms with E-state index in [0.717, 1.165) is 12.8 Å². The van der Waals surface area contributed by atoms with Gasteiger partial charge in [-0.3, -0.25) is 14.4 Å². The molecule has 0 unspecified atom stereocenters. The number of amides is 2. The lowest BCUT2D eigenvalue weighted by Crippen LogP contribution is -2.56. The molecule has 2 aliphatic carbocycles. The molecule has 2 amide bonds. The third kappa shape index (κ3) is 4.42. The van der Waals surface area contributed by atoms with E-state index in [4.69, 9.17) is 9.47 Å². The van der Waals surface area contributed by atoms with E-state index in [1.807, 2.05) is 13.8 Å². The molecule has 9 nitrogen and oxygen atoms in total. The minimum absolute atomic E-state index is 0.0584. The van der Waals surface area contributed by atoms with Gasteiger partial charge in [-0.2, -0.15) is 0 Å². The zero-order valence-corrected chi connectivity index (χ0v) is 19.7. The number of hydrogen-bond donors (Lipinski definition) is 3. The molecule has 3 N–H and O–H groups in total. The van der Waals surface area contributed by atoms with Gasteiger partial charge in [-0.05, 0) is 37.0 Å². The maximum Gasteiger partial charge on any atom is 0.247 e. The first-order valence-corrected chi connectivity index (χ1v) is 11.7. The number of fused-ring (bicyclic) bond motifs is 3. The van der Waals surface area contributed by atoms with Crippen LogP contribution in [0.5, 0.6) is 11.5 Å². The monoisotopic (exact) mass is 472 g/mol. The maximum atomic E-state index is 13.2. The van der Waals surface area contributed by atoms with Gasteiger partial charge in [0.1, 0.15) is 18.5 Å². The van der Waals surface area contributed by atoms with Crippen LogP contribution in [0.15, 0.2) is 23.8 Å². The van der Waals surface area contributed by atoms with Gasteiger partial charge in [-0.25, -0.2) is 0 Å². The molecule has 1 aromatic carbocycles. The van der Waals surface area contributed by atoms with Gasteiger partial charge < -0.3 is 29.9 Å². The van der Waals surface area contributed by atoms with Gasteiger partial charge in [0, 0.05) is 35.7 Å². The Kier molecular flexibility index (Phi) is 6.95. The molecule has 1 saturated carbocycles. The van der Waals surface area contributed by atoms with Gasteiger partial charge in [-0.1, -0.05) is 13.8 Å². The van der Waals surface area contributed by atoms with Crippen LogP contribution in [0.3, 0.4) is 0 Å². The Labute approximate surface area is 198 Å². The van der Waals surface area contributed by atoms with Crippen molar-refractivity contribution in [3.8, 4) is 11.5 Å². The predicted molar refractivity (Wildman–Crippen MR) is 123 cm³/mol. The fourth-order valence-electron chi connectivity index (χ4n) is 4.83. The average Bonchev–Trinajstić information content (AvgIpc) is 3.57. The number of nitrogens with zero attached hydrogens (tertiary/aromatic N) is 1. The van der Waals surface area contributed by atoms with Crippen molar-refractivity contribution in [1.82, 2.24) is 10.2 Å². The summed E-state index contributed by atoms with van der Waals surface area (Å²) in [6.45, 7) is 3.96. The zero-order chi connectivity index (χ0) is 24.6. The minimum atomic E-state index is -1.10. The fraction of sp³-hybridized carbons (Fsp3) is 0.560. The lowest BCUT2D eigenvalue weighted by molar-refractivity contribution is -0.140. The second-order valence-electron chi connectivity index (χ2n) is 9.49. The van der Waals surface area contributed by atoms with Crippen LogP contribution in [0.4, 0.5) is 0 Å². The first-order valence-electron chi connectivity index (χ1n) is 11.7. The largest absolute Gasteiger partial charge is 0.493 e. The van der Waals surface area contributed by atoms with Crippen LogP contribution in [0, 0.1) is 11.8 Å². The normalized spacial score (nSPS) is 25.1. The van der Waals surface area contributed by atoms with Gasteiger partial charge >= 0.3 is 0 Å². The summed E-state index contributed by atoms with van der Waals surface area (Å²) in [5.41, 5.74) is 1.25. The van der Waals surface area contributed by atoms with Gasteiger partial charge in [-0.15, -0.1) is 0 Å². The smallest absolute Gasteiger partial charge is 0.247 e. The number of nitrogens with one attached hydrogen (secondary N) is 1. The minimum Gasteiger partial charge on any atom is -0.493 e. The van der Waals surface area contributed by atoms with E-state index < -0.39 is 30.1 Å². The quantitative estimate of drug-likeness (QED) is 0.458. The van der Waals surface area contributed by atoms with Crippen LogP contribution in [-0.2, 0) is 9.59 Å². The first-order chi connectivity index (χ1) is 16.3. The van der Waals surface area contributed by atoms with Crippen molar-refractivity contribution in [2.45, 2.75) is 50.9 Å². The van der Waals surface area contributed by atoms with Gasteiger partial charge in [0.2, 0.25) is 11.8 Å². The number of rotatable bonds is 9. The second-order valence-corrected chi connectivity index (χ2v) is 9.49. The molecule has 0 aromatic heterocycles. The third-order valence-corrected chi connectivity index (χ3v) is 6.70. The van der Waals surface area contributed by atoms with Crippen molar-refractivity contribution in [3.63, 3.8) is 0 Å². The Morgan fingerprint density at radius 2 is 2.06 bits per heavy atom. The van der Waals surface area contributed by atoms with Crippen molar-refractivity contribution < 1.29 is 34.1 Å². The number of benzene rings is 1. The molecule has 0 radical (unpaired) electrons. The Balaban J connectivity index is 1.81. The van der Waals surface area contributed by atoms with E-state index in [1.54, 1.807) is 23.1 Å². The first kappa shape index (κ1) is 24.2. The van der Waals surface area contributed by atoms with E-state index in [9.17, 15) is 24.6 Å². The molecular formula is C25H32N2O7. The summed E-state index contributed by atoms with van der Waals surface area (Å²) in [5, 5.41) is 23.4. The fourth-order valence-corrected chi connectivity index (χ4v) is 4.83. The Hall–Kier alpha value is -2.91. The summed E-state index contributed by atoms with van der Waals surface area (Å²) in [7, 11) is 1.46. The molecule has 0 bridgehead atoms. The topological polar surface area (TPSA) is 125 Å². The number of aldehydes is 1. The average molecular weight is 473 g/mol. The van der Waals surface area contributed by atoms with Crippen molar-refractivity contribution in [2.24, 2.45) is 11.8 Å². The van der Waals surface area contributed by atoms with Crippen LogP contribution in [0.2, 0.25) is 0 Å². The molecule has 1 aliphatic heterocycles. The number of aliphatic hydroxyl groups is 2. The van der Waals surface area contributed by atoms with Crippen LogP contribution in [0.25, 0.3) is 0 Å². The molecule has 1 fully saturated rings. The summed E-state index contributed by atoms with van der Waals surface area (Å²) >= 11 is 0. The van der Waals surface area contributed by atoms with Crippen LogP contribution >= 0.6 is 0 Å². The van der Waals surface area contributed by atoms with E-state index in [-0.39, 0.29) is 25.0 Å². The van der Waals surface area contributed by atoms with E-state index in [0.29, 0.717) is 46.9 Å². The second kappa shape index (κ2) is 9.76. The molecule has 4 rings (SSSR count). The number of carbonyl (C=O) groups is 3. The van der Waals surface area contributed by atoms with Crippen molar-refractivity contribution >= 4 is 18.1 Å². The highest BCUT2D eigenvalue weighted by molar-refractivity contribution is 5.96. The van der Waals surface area contributed by atoms with Crippen molar-refractivity contribution in [3.05, 3.63) is 34.9 Å². The van der Waals surface area contributed by atoms with E-state index in [1.165, 1.54) is 7.11 Å². The van der Waals surface area contributed by atoms with Crippen molar-refractivity contribution in [2.75, 3.05) is 26.8 Å². The highest BCUT2D eigenvalue weighted by Gasteiger charge is 2.52. The molecular weight excluding hydrogens is 440 g/mol. The highest BCUT2D eigenvalue weighted by atomic mass is 16.5. The lowest BCUT2D eigenvalue weighted by atomic mass is 9.77. The summed E-state index contributed by atoms with van der Waals surface area (Å²) in [4.78, 5) is 39.5. The van der Waals surface area contributed by atoms with E-state index in [2.05, 4.69) is 5.32 Å². The molecule has 184 valence electrons. The molecule has 0 spiro atoms. The SMILES string of the molecule is COc1cc(C=O)cc2c1O[C@@H]1[C@@H](O)[C@H](N(CC3CC3)C(=O)C(C)C)C=C(C(=O)NCCO)[C@H]21. The summed E-state index contributed by atoms with van der Waals surface area (Å²) < 4.78 is 11.6. The molecule has 0 saturated heterocycles. The molecule has 3 aliphatic rings. The Morgan fingerprint density at radius 3 is 2.65 bits per heavy atom. The number of carbonyl (C=O) groups excluding carboxylic acids is 3. The summed E-state index contributed by atoms with van der Waals surface area (Å²) in [5.74, 6) is -0.377. The maximum absolute atomic E-state index is 13.2. The standard InChI is InChI=1S/C25H32N2O7/c1-13(2)25(32)27(11-14-4-5-14)18-10-17(24(31)26-6-7-28)20-16-8-15(12-29)9-19(33-3)22(16)34-23(20)21(18)30/h8-10,12-14,18,20-21,23,28,30H,4-7,11H2,1-3H3,(H,26,31)/t18-,20+,21+,23+/m1/s1. The number of methoxy groups -OCH3 is 1. The van der Waals surface area contributed by atoms with Crippen molar-refractivity contribution in [1.29, 1.82) is 0 Å². The molecule has 1 aromatic rings. The van der Waals surface area contributed by atoms with Crippen LogP contribution in [0.1, 0.15) is 48.5 Å². The lowest BCUT2D eigenvalue weighted by Gasteiger charge is -2.41. The zero-order valence-electron chi connectivity index (χ0n) is 19.7. The molecule has 34 heavy (non-hydrogen) atoms. The molecule has 4 atom stereocenters. The van der Waals surface area contributed by atoms with Crippen LogP contribution < -0.4 is 14.8 Å². The third-order valence-electron chi connectivity index (χ3n) is 6.70. The summed E-state index contributed by atoms with van der Waals surface area (Å²) in [6.07, 6.45) is 2.44. The predicted octanol–water partition coefficient (Wildman–Crippen LogP) is 1.02. The summed E-state index contributed by atoms with van der Waals surface area (Å²) in [6, 6.07) is 2.43. The van der Waals surface area contributed by atoms with Crippen LogP contribution in [-0.4, -0.2) is 78.3 Å². The number of ether oxygens (including phenoxy) is 2. The van der Waals surface area contributed by atoms with Gasteiger partial charge in [0.05, 0.1) is 25.7 Å². The molecule has 9 heteroatoms. The van der Waals surface area contributed by atoms with Gasteiger partial charge in [0.25, 0.3) is 0 Å².